The third-order valence-corrected chi connectivity index (χ3v) is 8.01. The number of fused-ring (bicyclic) bond motifs is 1. The van der Waals surface area contributed by atoms with E-state index >= 15 is 0 Å². The average molecular weight is 464 g/mol. The predicted octanol–water partition coefficient (Wildman–Crippen LogP) is 4.89. The second kappa shape index (κ2) is 10.1. The van der Waals surface area contributed by atoms with Gasteiger partial charge in [0.2, 0.25) is 11.9 Å². The summed E-state index contributed by atoms with van der Waals surface area (Å²) in [5.74, 6) is 1.98. The van der Waals surface area contributed by atoms with E-state index in [0.717, 1.165) is 60.1 Å². The lowest BCUT2D eigenvalue weighted by Crippen LogP contribution is -2.49. The van der Waals surface area contributed by atoms with Gasteiger partial charge < -0.3 is 15.1 Å². The maximum absolute atomic E-state index is 12.8. The molecular formula is C26H33N5OS. The summed E-state index contributed by atoms with van der Waals surface area (Å²) in [7, 11) is 0. The normalized spacial score (nSPS) is 17.5. The number of piperazine rings is 1. The quantitative estimate of drug-likeness (QED) is 0.564. The first-order valence-corrected chi connectivity index (χ1v) is 13.1. The maximum Gasteiger partial charge on any atom is 0.227 e. The number of nitrogens with one attached hydrogen (secondary N) is 1. The van der Waals surface area contributed by atoms with Crippen molar-refractivity contribution in [1.29, 1.82) is 0 Å². The molecule has 2 aromatic heterocycles. The molecule has 6 nitrogen and oxygen atoms in total. The van der Waals surface area contributed by atoms with Gasteiger partial charge in [-0.25, -0.2) is 4.98 Å². The Hall–Kier alpha value is -2.67. The van der Waals surface area contributed by atoms with E-state index in [1.807, 2.05) is 35.2 Å². The number of rotatable bonds is 6. The van der Waals surface area contributed by atoms with Crippen molar-refractivity contribution in [3.63, 3.8) is 0 Å². The van der Waals surface area contributed by atoms with Gasteiger partial charge >= 0.3 is 0 Å². The molecular weight excluding hydrogens is 430 g/mol. The van der Waals surface area contributed by atoms with Gasteiger partial charge in [-0.2, -0.15) is 4.98 Å². The molecule has 3 aromatic rings. The SMILES string of the molecule is CCc1cc2c(N3CCN(C(=O)Cc4ccccc4)CC3)nc(NC3CCCCC3)nc2s1. The van der Waals surface area contributed by atoms with E-state index in [-0.39, 0.29) is 5.91 Å². The lowest BCUT2D eigenvalue weighted by atomic mass is 9.96. The Morgan fingerprint density at radius 3 is 2.55 bits per heavy atom. The fraction of sp³-hybridized carbons (Fsp3) is 0.500. The molecule has 7 heteroatoms. The van der Waals surface area contributed by atoms with Crippen LogP contribution in [0.4, 0.5) is 11.8 Å². The van der Waals surface area contributed by atoms with E-state index in [1.54, 1.807) is 11.3 Å². The molecule has 5 rings (SSSR count). The van der Waals surface area contributed by atoms with Crippen LogP contribution in [-0.4, -0.2) is 53.0 Å². The molecule has 1 saturated heterocycles. The van der Waals surface area contributed by atoms with E-state index in [2.05, 4.69) is 23.2 Å². The minimum absolute atomic E-state index is 0.206. The van der Waals surface area contributed by atoms with Crippen LogP contribution in [0.1, 0.15) is 49.5 Å². The fourth-order valence-corrected chi connectivity index (χ4v) is 5.88. The van der Waals surface area contributed by atoms with Crippen LogP contribution >= 0.6 is 11.3 Å². The molecule has 0 atom stereocenters. The van der Waals surface area contributed by atoms with Crippen molar-refractivity contribution in [2.75, 3.05) is 36.4 Å². The zero-order valence-corrected chi connectivity index (χ0v) is 20.2. The van der Waals surface area contributed by atoms with Crippen LogP contribution < -0.4 is 10.2 Å². The number of amides is 1. The van der Waals surface area contributed by atoms with Crippen molar-refractivity contribution in [1.82, 2.24) is 14.9 Å². The first-order valence-electron chi connectivity index (χ1n) is 12.3. The number of thiophene rings is 1. The van der Waals surface area contributed by atoms with Crippen LogP contribution in [-0.2, 0) is 17.6 Å². The molecule has 33 heavy (non-hydrogen) atoms. The van der Waals surface area contributed by atoms with Crippen molar-refractivity contribution >= 4 is 39.2 Å². The van der Waals surface area contributed by atoms with Gasteiger partial charge in [0.25, 0.3) is 0 Å². The van der Waals surface area contributed by atoms with Gasteiger partial charge in [0.1, 0.15) is 10.6 Å². The number of hydrogen-bond acceptors (Lipinski definition) is 6. The van der Waals surface area contributed by atoms with Gasteiger partial charge in [-0.1, -0.05) is 56.5 Å². The lowest BCUT2D eigenvalue weighted by molar-refractivity contribution is -0.130. The number of nitrogens with zero attached hydrogens (tertiary/aromatic N) is 4. The van der Waals surface area contributed by atoms with Crippen LogP contribution in [0.3, 0.4) is 0 Å². The molecule has 1 N–H and O–H groups in total. The van der Waals surface area contributed by atoms with Crippen LogP contribution in [0.2, 0.25) is 0 Å². The Kier molecular flexibility index (Phi) is 6.76. The first kappa shape index (κ1) is 22.1. The highest BCUT2D eigenvalue weighted by Gasteiger charge is 2.25. The summed E-state index contributed by atoms with van der Waals surface area (Å²) in [5.41, 5.74) is 1.08. The van der Waals surface area contributed by atoms with E-state index in [4.69, 9.17) is 9.97 Å². The summed E-state index contributed by atoms with van der Waals surface area (Å²) in [6, 6.07) is 12.7. The largest absolute Gasteiger partial charge is 0.352 e. The molecule has 174 valence electrons. The summed E-state index contributed by atoms with van der Waals surface area (Å²) in [6.07, 6.45) is 7.77. The van der Waals surface area contributed by atoms with Crippen molar-refractivity contribution in [2.45, 2.75) is 57.9 Å². The fourth-order valence-electron chi connectivity index (χ4n) is 4.92. The van der Waals surface area contributed by atoms with Crippen LogP contribution in [0, 0.1) is 0 Å². The third-order valence-electron chi connectivity index (χ3n) is 6.84. The van der Waals surface area contributed by atoms with Crippen molar-refractivity contribution in [2.24, 2.45) is 0 Å². The molecule has 0 spiro atoms. The Balaban J connectivity index is 1.32. The zero-order valence-electron chi connectivity index (χ0n) is 19.4. The molecule has 3 heterocycles. The zero-order chi connectivity index (χ0) is 22.6. The van der Waals surface area contributed by atoms with E-state index in [1.165, 1.54) is 37.0 Å². The minimum Gasteiger partial charge on any atom is -0.352 e. The van der Waals surface area contributed by atoms with Gasteiger partial charge in [0.15, 0.2) is 0 Å². The number of hydrogen-bond donors (Lipinski definition) is 1. The molecule has 1 aliphatic carbocycles. The highest BCUT2D eigenvalue weighted by Crippen LogP contribution is 2.33. The number of anilines is 2. The molecule has 0 unspecified atom stereocenters. The number of aryl methyl sites for hydroxylation is 1. The lowest BCUT2D eigenvalue weighted by Gasteiger charge is -2.36. The van der Waals surface area contributed by atoms with Gasteiger partial charge in [0, 0.05) is 37.1 Å². The van der Waals surface area contributed by atoms with Gasteiger partial charge in [0.05, 0.1) is 11.8 Å². The summed E-state index contributed by atoms with van der Waals surface area (Å²) < 4.78 is 0. The van der Waals surface area contributed by atoms with Gasteiger partial charge in [-0.3, -0.25) is 4.79 Å². The van der Waals surface area contributed by atoms with Crippen molar-refractivity contribution < 1.29 is 4.79 Å². The standard InChI is InChI=1S/C26H33N5OS/c1-2-21-18-22-24(28-26(29-25(22)33-21)27-20-11-7-4-8-12-20)31-15-13-30(14-16-31)23(32)17-19-9-5-3-6-10-19/h3,5-6,9-10,18,20H,2,4,7-8,11-17H2,1H3,(H,27,28,29). The van der Waals surface area contributed by atoms with E-state index in [9.17, 15) is 4.79 Å². The molecule has 1 aromatic carbocycles. The molecule has 0 radical (unpaired) electrons. The van der Waals surface area contributed by atoms with E-state index < -0.39 is 0 Å². The Labute approximate surface area is 200 Å². The molecule has 0 bridgehead atoms. The van der Waals surface area contributed by atoms with Crippen molar-refractivity contribution in [3.05, 3.63) is 46.8 Å². The molecule has 1 amide bonds. The number of benzene rings is 1. The summed E-state index contributed by atoms with van der Waals surface area (Å²) in [5, 5.41) is 4.78. The van der Waals surface area contributed by atoms with Gasteiger partial charge in [-0.05, 0) is 30.9 Å². The smallest absolute Gasteiger partial charge is 0.227 e. The number of carbonyl (C=O) groups excluding carboxylic acids is 1. The summed E-state index contributed by atoms with van der Waals surface area (Å²) in [6.45, 7) is 5.25. The average Bonchev–Trinajstić information content (AvgIpc) is 3.28. The summed E-state index contributed by atoms with van der Waals surface area (Å²) >= 11 is 1.78. The molecule has 2 aliphatic rings. The monoisotopic (exact) mass is 463 g/mol. The molecule has 1 saturated carbocycles. The Morgan fingerprint density at radius 1 is 1.06 bits per heavy atom. The number of aromatic nitrogens is 2. The number of carbonyl (C=O) groups is 1. The minimum atomic E-state index is 0.206. The predicted molar refractivity (Wildman–Crippen MR) is 136 cm³/mol. The topological polar surface area (TPSA) is 61.4 Å². The molecule has 1 aliphatic heterocycles. The van der Waals surface area contributed by atoms with Crippen molar-refractivity contribution in [3.8, 4) is 0 Å². The Morgan fingerprint density at radius 2 is 1.82 bits per heavy atom. The van der Waals surface area contributed by atoms with Crippen LogP contribution in [0.25, 0.3) is 10.2 Å². The highest BCUT2D eigenvalue weighted by molar-refractivity contribution is 7.18. The first-order chi connectivity index (χ1) is 16.2. The second-order valence-corrected chi connectivity index (χ2v) is 10.3. The van der Waals surface area contributed by atoms with Gasteiger partial charge in [-0.15, -0.1) is 11.3 Å². The highest BCUT2D eigenvalue weighted by atomic mass is 32.1. The Bertz CT molecular complexity index is 1080. The van der Waals surface area contributed by atoms with Crippen LogP contribution in [0.5, 0.6) is 0 Å². The molecule has 2 fully saturated rings. The van der Waals surface area contributed by atoms with Crippen LogP contribution in [0.15, 0.2) is 36.4 Å². The third kappa shape index (κ3) is 5.13. The maximum atomic E-state index is 12.8. The second-order valence-electron chi connectivity index (χ2n) is 9.17. The van der Waals surface area contributed by atoms with E-state index in [0.29, 0.717) is 12.5 Å². The summed E-state index contributed by atoms with van der Waals surface area (Å²) in [4.78, 5) is 29.5.